The van der Waals surface area contributed by atoms with Crippen molar-refractivity contribution in [3.05, 3.63) is 23.8 Å². The predicted molar refractivity (Wildman–Crippen MR) is 105 cm³/mol. The Morgan fingerprint density at radius 3 is 2.60 bits per heavy atom. The molecule has 1 aliphatic carbocycles. The summed E-state index contributed by atoms with van der Waals surface area (Å²) in [5.74, 6) is 0.109. The number of carboxylic acids is 1. The van der Waals surface area contributed by atoms with Crippen LogP contribution in [0.15, 0.2) is 23.8 Å². The van der Waals surface area contributed by atoms with Crippen molar-refractivity contribution in [2.45, 2.75) is 78.6 Å². The minimum absolute atomic E-state index is 0.0344. The molecule has 0 heterocycles. The molecule has 3 nitrogen and oxygen atoms in total. The van der Waals surface area contributed by atoms with Crippen LogP contribution in [0.4, 0.5) is 0 Å². The second kappa shape index (κ2) is 11.5. The zero-order valence-electron chi connectivity index (χ0n) is 16.7. The fourth-order valence-corrected chi connectivity index (χ4v) is 3.81. The lowest BCUT2D eigenvalue weighted by Gasteiger charge is -2.36. The van der Waals surface area contributed by atoms with Gasteiger partial charge in [-0.2, -0.15) is 0 Å². The molecule has 1 aliphatic rings. The molecule has 0 radical (unpaired) electrons. The lowest BCUT2D eigenvalue weighted by atomic mass is 9.67. The maximum atomic E-state index is 12.2. The van der Waals surface area contributed by atoms with Crippen LogP contribution in [0.25, 0.3) is 0 Å². The van der Waals surface area contributed by atoms with Gasteiger partial charge in [0.1, 0.15) is 0 Å². The number of hydrogen-bond donors (Lipinski definition) is 1. The Bertz CT molecular complexity index is 450. The van der Waals surface area contributed by atoms with Crippen molar-refractivity contribution in [1.29, 1.82) is 0 Å². The molecule has 0 aromatic carbocycles. The van der Waals surface area contributed by atoms with Crippen LogP contribution >= 0.6 is 0 Å². The van der Waals surface area contributed by atoms with E-state index < -0.39 is 11.4 Å². The number of ether oxygens (including phenoxy) is 1. The third-order valence-electron chi connectivity index (χ3n) is 5.36. The van der Waals surface area contributed by atoms with Gasteiger partial charge >= 0.3 is 5.97 Å². The van der Waals surface area contributed by atoms with Gasteiger partial charge in [0, 0.05) is 13.7 Å². The minimum atomic E-state index is -0.756. The third kappa shape index (κ3) is 6.97. The largest absolute Gasteiger partial charge is 0.481 e. The topological polar surface area (TPSA) is 46.5 Å². The predicted octanol–water partition coefficient (Wildman–Crippen LogP) is 6.00. The van der Waals surface area contributed by atoms with Crippen LogP contribution in [0.5, 0.6) is 0 Å². The van der Waals surface area contributed by atoms with E-state index >= 15 is 0 Å². The number of aliphatic carboxylic acids is 1. The highest BCUT2D eigenvalue weighted by molar-refractivity contribution is 5.78. The Balaban J connectivity index is 2.72. The number of unbranched alkanes of at least 4 members (excludes halogenated alkanes) is 3. The summed E-state index contributed by atoms with van der Waals surface area (Å²) < 4.78 is 5.25. The average Bonchev–Trinajstić information content (AvgIpc) is 2.57. The Hall–Kier alpha value is -1.09. The molecule has 0 spiro atoms. The Morgan fingerprint density at radius 2 is 2.00 bits per heavy atom. The van der Waals surface area contributed by atoms with Gasteiger partial charge in [-0.15, -0.1) is 0 Å². The van der Waals surface area contributed by atoms with E-state index in [0.29, 0.717) is 6.61 Å². The van der Waals surface area contributed by atoms with Gasteiger partial charge < -0.3 is 9.84 Å². The molecule has 2 atom stereocenters. The van der Waals surface area contributed by atoms with Crippen molar-refractivity contribution < 1.29 is 14.6 Å². The number of methoxy groups -OCH3 is 1. The standard InChI is InChI=1S/C22H38O3/c1-5-10-19-12-15-22(21(23)24,20(17-19)13-16-25-4)14-9-7-6-8-11-18(2)3/h12,15,17-18,20H,5-11,13-14,16H2,1-4H3,(H,23,24). The van der Waals surface area contributed by atoms with Crippen molar-refractivity contribution in [3.8, 4) is 0 Å². The summed E-state index contributed by atoms with van der Waals surface area (Å²) in [5, 5.41) is 10.0. The van der Waals surface area contributed by atoms with Crippen molar-refractivity contribution >= 4 is 5.97 Å². The zero-order valence-corrected chi connectivity index (χ0v) is 16.7. The minimum Gasteiger partial charge on any atom is -0.481 e. The summed E-state index contributed by atoms with van der Waals surface area (Å²) in [7, 11) is 1.69. The van der Waals surface area contributed by atoms with Gasteiger partial charge in [-0.05, 0) is 31.1 Å². The molecule has 0 bridgehead atoms. The van der Waals surface area contributed by atoms with Crippen LogP contribution in [0, 0.1) is 17.3 Å². The Labute approximate surface area is 154 Å². The molecule has 25 heavy (non-hydrogen) atoms. The van der Waals surface area contributed by atoms with Gasteiger partial charge in [0.2, 0.25) is 0 Å². The lowest BCUT2D eigenvalue weighted by molar-refractivity contribution is -0.149. The van der Waals surface area contributed by atoms with E-state index in [1.807, 2.05) is 6.08 Å². The molecule has 0 fully saturated rings. The van der Waals surface area contributed by atoms with E-state index in [-0.39, 0.29) is 5.92 Å². The molecule has 3 heteroatoms. The van der Waals surface area contributed by atoms with Crippen molar-refractivity contribution in [1.82, 2.24) is 0 Å². The van der Waals surface area contributed by atoms with Gasteiger partial charge in [-0.25, -0.2) is 0 Å². The zero-order chi connectivity index (χ0) is 18.7. The maximum Gasteiger partial charge on any atom is 0.314 e. The highest BCUT2D eigenvalue weighted by Gasteiger charge is 2.43. The fraction of sp³-hybridized carbons (Fsp3) is 0.773. The second-order valence-electron chi connectivity index (χ2n) is 7.91. The van der Waals surface area contributed by atoms with Gasteiger partial charge in [-0.3, -0.25) is 4.79 Å². The summed E-state index contributed by atoms with van der Waals surface area (Å²) in [4.78, 5) is 12.2. The molecule has 144 valence electrons. The van der Waals surface area contributed by atoms with Gasteiger partial charge in [0.25, 0.3) is 0 Å². The molecule has 0 saturated carbocycles. The van der Waals surface area contributed by atoms with Crippen molar-refractivity contribution in [3.63, 3.8) is 0 Å². The molecule has 2 unspecified atom stereocenters. The van der Waals surface area contributed by atoms with E-state index in [1.54, 1.807) is 7.11 Å². The SMILES string of the molecule is CCCC1=CC(CCOC)C(CCCCCCC(C)C)(C(=O)O)C=C1. The fourth-order valence-electron chi connectivity index (χ4n) is 3.81. The molecule has 0 aromatic heterocycles. The quantitative estimate of drug-likeness (QED) is 0.414. The van der Waals surface area contributed by atoms with Crippen LogP contribution in [0.2, 0.25) is 0 Å². The molecule has 1 rings (SSSR count). The number of carboxylic acid groups (broad SMARTS) is 1. The first kappa shape index (κ1) is 22.0. The van der Waals surface area contributed by atoms with Crippen molar-refractivity contribution in [2.75, 3.05) is 13.7 Å². The Kier molecular flexibility index (Phi) is 10.1. The first-order valence-electron chi connectivity index (χ1n) is 10.1. The van der Waals surface area contributed by atoms with E-state index in [1.165, 1.54) is 24.8 Å². The van der Waals surface area contributed by atoms with Crippen molar-refractivity contribution in [2.24, 2.45) is 17.3 Å². The van der Waals surface area contributed by atoms with Gasteiger partial charge in [-0.1, -0.05) is 83.1 Å². The molecule has 0 aliphatic heterocycles. The molecule has 1 N–H and O–H groups in total. The van der Waals surface area contributed by atoms with Crippen LogP contribution in [0.3, 0.4) is 0 Å². The van der Waals surface area contributed by atoms with E-state index in [4.69, 9.17) is 4.74 Å². The maximum absolute atomic E-state index is 12.2. The molecular formula is C22H38O3. The number of rotatable bonds is 13. The molecule has 0 amide bonds. The normalized spacial score (nSPS) is 23.1. The summed E-state index contributed by atoms with van der Waals surface area (Å²) in [5.41, 5.74) is 0.519. The molecular weight excluding hydrogens is 312 g/mol. The van der Waals surface area contributed by atoms with Crippen LogP contribution in [-0.4, -0.2) is 24.8 Å². The van der Waals surface area contributed by atoms with E-state index in [9.17, 15) is 9.90 Å². The molecule has 0 saturated heterocycles. The summed E-state index contributed by atoms with van der Waals surface area (Å²) in [6.45, 7) is 7.28. The third-order valence-corrected chi connectivity index (χ3v) is 5.36. The van der Waals surface area contributed by atoms with E-state index in [0.717, 1.165) is 44.4 Å². The summed E-state index contributed by atoms with van der Waals surface area (Å²) >= 11 is 0. The van der Waals surface area contributed by atoms with Gasteiger partial charge in [0.05, 0.1) is 5.41 Å². The second-order valence-corrected chi connectivity index (χ2v) is 7.91. The Morgan fingerprint density at radius 1 is 1.28 bits per heavy atom. The number of hydrogen-bond acceptors (Lipinski definition) is 2. The monoisotopic (exact) mass is 350 g/mol. The van der Waals surface area contributed by atoms with E-state index in [2.05, 4.69) is 32.9 Å². The highest BCUT2D eigenvalue weighted by Crippen LogP contribution is 2.43. The number of carbonyl (C=O) groups is 1. The smallest absolute Gasteiger partial charge is 0.314 e. The number of allylic oxidation sites excluding steroid dienone is 3. The average molecular weight is 351 g/mol. The summed E-state index contributed by atoms with van der Waals surface area (Å²) in [6, 6.07) is 0. The van der Waals surface area contributed by atoms with Crippen LogP contribution in [-0.2, 0) is 9.53 Å². The first-order chi connectivity index (χ1) is 12.0. The highest BCUT2D eigenvalue weighted by atomic mass is 16.5. The lowest BCUT2D eigenvalue weighted by Crippen LogP contribution is -2.38. The van der Waals surface area contributed by atoms with Crippen LogP contribution in [0.1, 0.15) is 78.6 Å². The first-order valence-corrected chi connectivity index (χ1v) is 10.1. The van der Waals surface area contributed by atoms with Crippen LogP contribution < -0.4 is 0 Å². The van der Waals surface area contributed by atoms with Gasteiger partial charge in [0.15, 0.2) is 0 Å². The summed E-state index contributed by atoms with van der Waals surface area (Å²) in [6.07, 6.45) is 15.7. The molecule has 0 aromatic rings.